The highest BCUT2D eigenvalue weighted by molar-refractivity contribution is 7.99. The lowest BCUT2D eigenvalue weighted by Gasteiger charge is -2.32. The van der Waals surface area contributed by atoms with E-state index in [1.807, 2.05) is 47.9 Å². The minimum atomic E-state index is -0.135. The van der Waals surface area contributed by atoms with Crippen LogP contribution >= 0.6 is 11.8 Å². The molecule has 1 aromatic carbocycles. The van der Waals surface area contributed by atoms with Crippen molar-refractivity contribution in [2.24, 2.45) is 5.92 Å². The quantitative estimate of drug-likeness (QED) is 0.430. The molecule has 0 unspecified atom stereocenters. The predicted molar refractivity (Wildman–Crippen MR) is 144 cm³/mol. The van der Waals surface area contributed by atoms with E-state index in [-0.39, 0.29) is 17.4 Å². The first-order valence-corrected chi connectivity index (χ1v) is 13.7. The molecule has 0 aliphatic carbocycles. The number of fused-ring (bicyclic) bond motifs is 1. The Morgan fingerprint density at radius 1 is 1.14 bits per heavy atom. The van der Waals surface area contributed by atoms with Crippen molar-refractivity contribution in [3.05, 3.63) is 64.1 Å². The Balaban J connectivity index is 1.44. The minimum Gasteiger partial charge on any atom is -0.356 e. The van der Waals surface area contributed by atoms with Gasteiger partial charge in [0.25, 0.3) is 5.56 Å². The number of hydrogen-bond donors (Lipinski definition) is 1. The zero-order valence-corrected chi connectivity index (χ0v) is 21.5. The third-order valence-electron chi connectivity index (χ3n) is 6.42. The van der Waals surface area contributed by atoms with Crippen LogP contribution in [0.15, 0.2) is 47.4 Å². The van der Waals surface area contributed by atoms with Gasteiger partial charge in [0.15, 0.2) is 11.5 Å². The second kappa shape index (κ2) is 12.2. The summed E-state index contributed by atoms with van der Waals surface area (Å²) in [5.74, 6) is 2.84. The monoisotopic (exact) mass is 493 g/mol. The fourth-order valence-corrected chi connectivity index (χ4v) is 5.26. The first kappa shape index (κ1) is 25.2. The molecule has 0 bridgehead atoms. The summed E-state index contributed by atoms with van der Waals surface area (Å²) >= 11 is 1.94. The van der Waals surface area contributed by atoms with Gasteiger partial charge in [-0.1, -0.05) is 36.8 Å². The van der Waals surface area contributed by atoms with Gasteiger partial charge in [-0.2, -0.15) is 11.8 Å². The van der Waals surface area contributed by atoms with Crippen molar-refractivity contribution < 1.29 is 4.79 Å². The molecule has 4 rings (SSSR count). The summed E-state index contributed by atoms with van der Waals surface area (Å²) in [5.41, 5.74) is 3.39. The number of carbonyl (C=O) groups excluding carboxylic acids is 1. The van der Waals surface area contributed by atoms with Gasteiger partial charge in [0.05, 0.1) is 6.54 Å². The topological polar surface area (TPSA) is 80.1 Å². The van der Waals surface area contributed by atoms with Crippen molar-refractivity contribution in [1.82, 2.24) is 19.9 Å². The van der Waals surface area contributed by atoms with Gasteiger partial charge < -0.3 is 10.2 Å². The van der Waals surface area contributed by atoms with Gasteiger partial charge in [-0.15, -0.1) is 0 Å². The second-order valence-electron chi connectivity index (χ2n) is 9.18. The minimum absolute atomic E-state index is 0.00791. The summed E-state index contributed by atoms with van der Waals surface area (Å²) in [6, 6.07) is 11.9. The molecule has 7 nitrogen and oxygen atoms in total. The summed E-state index contributed by atoms with van der Waals surface area (Å²) in [6.07, 6.45) is 5.34. The summed E-state index contributed by atoms with van der Waals surface area (Å²) < 4.78 is 1.72. The third kappa shape index (κ3) is 6.42. The van der Waals surface area contributed by atoms with Crippen LogP contribution in [0.2, 0.25) is 0 Å². The van der Waals surface area contributed by atoms with Crippen LogP contribution in [0, 0.1) is 12.8 Å². The fraction of sp³-hybridized carbons (Fsp3) is 0.481. The van der Waals surface area contributed by atoms with E-state index < -0.39 is 0 Å². The lowest BCUT2D eigenvalue weighted by molar-refractivity contribution is -0.125. The van der Waals surface area contributed by atoms with Crippen LogP contribution in [-0.2, 0) is 11.3 Å². The van der Waals surface area contributed by atoms with E-state index >= 15 is 0 Å². The Bertz CT molecular complexity index is 1190. The average molecular weight is 494 g/mol. The molecule has 1 aliphatic rings. The van der Waals surface area contributed by atoms with Crippen LogP contribution in [0.5, 0.6) is 0 Å². The van der Waals surface area contributed by atoms with Gasteiger partial charge in [-0.05, 0) is 61.8 Å². The van der Waals surface area contributed by atoms with Crippen LogP contribution in [-0.4, -0.2) is 51.6 Å². The van der Waals surface area contributed by atoms with E-state index in [1.54, 1.807) is 10.8 Å². The maximum Gasteiger partial charge on any atom is 0.295 e. The number of pyridine rings is 1. The number of thioether (sulfide) groups is 1. The molecule has 0 radical (unpaired) electrons. The van der Waals surface area contributed by atoms with Crippen molar-refractivity contribution in [1.29, 1.82) is 0 Å². The maximum atomic E-state index is 13.6. The van der Waals surface area contributed by atoms with E-state index in [4.69, 9.17) is 4.98 Å². The Labute approximate surface area is 211 Å². The average Bonchev–Trinajstić information content (AvgIpc) is 2.89. The van der Waals surface area contributed by atoms with Gasteiger partial charge in [0, 0.05) is 31.7 Å². The van der Waals surface area contributed by atoms with Crippen molar-refractivity contribution in [2.45, 2.75) is 46.1 Å². The summed E-state index contributed by atoms with van der Waals surface area (Å²) in [7, 11) is 0. The number of nitrogens with zero attached hydrogens (tertiary/aromatic N) is 4. The number of aromatic nitrogens is 3. The molecule has 1 fully saturated rings. The number of benzene rings is 1. The van der Waals surface area contributed by atoms with E-state index in [0.717, 1.165) is 37.1 Å². The fourth-order valence-electron chi connectivity index (χ4n) is 4.42. The van der Waals surface area contributed by atoms with Gasteiger partial charge >= 0.3 is 0 Å². The van der Waals surface area contributed by atoms with Crippen molar-refractivity contribution >= 4 is 34.7 Å². The predicted octanol–water partition coefficient (Wildman–Crippen LogP) is 4.01. The number of anilines is 1. The molecule has 35 heavy (non-hydrogen) atoms. The highest BCUT2D eigenvalue weighted by Crippen LogP contribution is 2.22. The highest BCUT2D eigenvalue weighted by atomic mass is 32.2. The zero-order chi connectivity index (χ0) is 24.6. The van der Waals surface area contributed by atoms with Crippen LogP contribution in [0.25, 0.3) is 11.2 Å². The van der Waals surface area contributed by atoms with Crippen molar-refractivity contribution in [3.8, 4) is 0 Å². The number of hydrogen-bond acceptors (Lipinski definition) is 6. The Morgan fingerprint density at radius 3 is 2.66 bits per heavy atom. The number of amides is 1. The molecule has 2 aromatic heterocycles. The molecule has 0 spiro atoms. The van der Waals surface area contributed by atoms with Crippen LogP contribution in [0.3, 0.4) is 0 Å². The SMILES string of the molecule is CCCSCCCNC(=O)C1CCN(c2nc3cccnc3n(Cc3ccc(C)cc3)c2=O)CC1. The van der Waals surface area contributed by atoms with Gasteiger partial charge in [0.1, 0.15) is 5.52 Å². The Morgan fingerprint density at radius 2 is 1.91 bits per heavy atom. The summed E-state index contributed by atoms with van der Waals surface area (Å²) in [4.78, 5) is 37.4. The molecule has 0 atom stereocenters. The molecule has 8 heteroatoms. The highest BCUT2D eigenvalue weighted by Gasteiger charge is 2.27. The Kier molecular flexibility index (Phi) is 8.79. The standard InChI is InChI=1S/C27H35N5O2S/c1-3-17-35-18-5-14-29-26(33)22-11-15-31(16-12-22)25-27(34)32(19-21-9-7-20(2)8-10-21)24-23(30-25)6-4-13-28-24/h4,6-10,13,22H,3,5,11-12,14-19H2,1-2H3,(H,29,33). The lowest BCUT2D eigenvalue weighted by atomic mass is 9.96. The second-order valence-corrected chi connectivity index (χ2v) is 10.4. The molecule has 1 N–H and O–H groups in total. The molecule has 186 valence electrons. The molecule has 3 heterocycles. The largest absolute Gasteiger partial charge is 0.356 e. The summed E-state index contributed by atoms with van der Waals surface area (Å²) in [6.45, 7) is 6.70. The molecule has 0 saturated carbocycles. The van der Waals surface area contributed by atoms with Crippen molar-refractivity contribution in [2.75, 3.05) is 36.0 Å². The van der Waals surface area contributed by atoms with Gasteiger partial charge in [-0.25, -0.2) is 9.97 Å². The molecule has 1 amide bonds. The van der Waals surface area contributed by atoms with E-state index in [2.05, 4.69) is 29.4 Å². The van der Waals surface area contributed by atoms with Crippen molar-refractivity contribution in [3.63, 3.8) is 0 Å². The van der Waals surface area contributed by atoms with Crippen LogP contribution in [0.4, 0.5) is 5.82 Å². The first-order chi connectivity index (χ1) is 17.1. The first-order valence-electron chi connectivity index (χ1n) is 12.6. The number of rotatable bonds is 10. The molecular weight excluding hydrogens is 458 g/mol. The van der Waals surface area contributed by atoms with Gasteiger partial charge in [-0.3, -0.25) is 14.2 Å². The number of aryl methyl sites for hydroxylation is 1. The molecule has 1 aliphatic heterocycles. The van der Waals surface area contributed by atoms with Crippen LogP contribution in [0.1, 0.15) is 43.7 Å². The van der Waals surface area contributed by atoms with E-state index in [9.17, 15) is 9.59 Å². The Hall–Kier alpha value is -2.87. The maximum absolute atomic E-state index is 13.6. The summed E-state index contributed by atoms with van der Waals surface area (Å²) in [5, 5.41) is 3.10. The molecular formula is C27H35N5O2S. The lowest BCUT2D eigenvalue weighted by Crippen LogP contribution is -2.43. The third-order valence-corrected chi connectivity index (χ3v) is 7.70. The van der Waals surface area contributed by atoms with Gasteiger partial charge in [0.2, 0.25) is 5.91 Å². The normalized spacial score (nSPS) is 14.4. The van der Waals surface area contributed by atoms with Crippen LogP contribution < -0.4 is 15.8 Å². The number of nitrogens with one attached hydrogen (secondary N) is 1. The van der Waals surface area contributed by atoms with E-state index in [1.165, 1.54) is 17.7 Å². The molecule has 1 saturated heterocycles. The van der Waals surface area contributed by atoms with E-state index in [0.29, 0.717) is 36.6 Å². The molecule has 3 aromatic rings. The zero-order valence-electron chi connectivity index (χ0n) is 20.7. The smallest absolute Gasteiger partial charge is 0.295 e. The number of carbonyl (C=O) groups is 1. The number of piperidine rings is 1.